The molecule has 0 saturated heterocycles. The summed E-state index contributed by atoms with van der Waals surface area (Å²) >= 11 is 11.3. The third kappa shape index (κ3) is 3.18. The molecule has 0 aliphatic heterocycles. The first kappa shape index (κ1) is 14.7. The van der Waals surface area contributed by atoms with Gasteiger partial charge in [-0.15, -0.1) is 11.8 Å². The molecule has 1 heterocycles. The molecular formula is C16H12BrClN2S. The minimum absolute atomic E-state index is 0.737. The number of halogens is 2. The summed E-state index contributed by atoms with van der Waals surface area (Å²) in [6.45, 7) is 0. The van der Waals surface area contributed by atoms with Crippen molar-refractivity contribution in [3.05, 3.63) is 63.7 Å². The van der Waals surface area contributed by atoms with Gasteiger partial charge in [0, 0.05) is 37.4 Å². The number of nitrogens with two attached hydrogens (primary N) is 1. The molecule has 3 rings (SSSR count). The molecule has 0 fully saturated rings. The summed E-state index contributed by atoms with van der Waals surface area (Å²) in [6, 6.07) is 13.8. The van der Waals surface area contributed by atoms with Crippen LogP contribution in [0.15, 0.2) is 58.0 Å². The quantitative estimate of drug-likeness (QED) is 0.480. The van der Waals surface area contributed by atoms with Crippen molar-refractivity contribution >= 4 is 55.9 Å². The van der Waals surface area contributed by atoms with Crippen LogP contribution in [0.4, 0.5) is 5.69 Å². The Hall–Kier alpha value is -1.23. The van der Waals surface area contributed by atoms with E-state index in [9.17, 15) is 0 Å². The number of aromatic nitrogens is 1. The molecule has 0 saturated carbocycles. The number of anilines is 1. The van der Waals surface area contributed by atoms with Crippen LogP contribution >= 0.6 is 39.3 Å². The monoisotopic (exact) mass is 378 g/mol. The van der Waals surface area contributed by atoms with Gasteiger partial charge in [-0.25, -0.2) is 0 Å². The third-order valence-electron chi connectivity index (χ3n) is 3.15. The fourth-order valence-corrected chi connectivity index (χ4v) is 3.72. The van der Waals surface area contributed by atoms with Crippen LogP contribution < -0.4 is 5.73 Å². The summed E-state index contributed by atoms with van der Waals surface area (Å²) in [7, 11) is 0. The SMILES string of the molecule is Nc1ccc(SCc2ccccc2Cl)c2ncc(Br)cc12. The van der Waals surface area contributed by atoms with Gasteiger partial charge < -0.3 is 5.73 Å². The summed E-state index contributed by atoms with van der Waals surface area (Å²) in [5.74, 6) is 0.802. The van der Waals surface area contributed by atoms with Crippen molar-refractivity contribution < 1.29 is 0 Å². The molecule has 21 heavy (non-hydrogen) atoms. The van der Waals surface area contributed by atoms with Crippen molar-refractivity contribution in [2.75, 3.05) is 5.73 Å². The molecule has 0 unspecified atom stereocenters. The van der Waals surface area contributed by atoms with E-state index in [0.717, 1.165) is 42.3 Å². The van der Waals surface area contributed by atoms with E-state index in [1.54, 1.807) is 18.0 Å². The predicted molar refractivity (Wildman–Crippen MR) is 94.9 cm³/mol. The van der Waals surface area contributed by atoms with E-state index >= 15 is 0 Å². The van der Waals surface area contributed by atoms with E-state index < -0.39 is 0 Å². The van der Waals surface area contributed by atoms with Crippen LogP contribution in [0.25, 0.3) is 10.9 Å². The molecule has 0 amide bonds. The first-order valence-electron chi connectivity index (χ1n) is 6.35. The largest absolute Gasteiger partial charge is 0.398 e. The van der Waals surface area contributed by atoms with Crippen molar-refractivity contribution in [3.8, 4) is 0 Å². The Morgan fingerprint density at radius 2 is 2.00 bits per heavy atom. The van der Waals surface area contributed by atoms with Gasteiger partial charge in [0.2, 0.25) is 0 Å². The van der Waals surface area contributed by atoms with Gasteiger partial charge in [0.05, 0.1) is 5.52 Å². The number of thioether (sulfide) groups is 1. The molecule has 0 aliphatic rings. The third-order valence-corrected chi connectivity index (χ3v) is 5.05. The number of hydrogen-bond donors (Lipinski definition) is 1. The van der Waals surface area contributed by atoms with Crippen molar-refractivity contribution in [3.63, 3.8) is 0 Å². The Balaban J connectivity index is 1.95. The fraction of sp³-hybridized carbons (Fsp3) is 0.0625. The molecule has 3 aromatic rings. The van der Waals surface area contributed by atoms with Gasteiger partial charge in [-0.05, 0) is 45.8 Å². The van der Waals surface area contributed by atoms with Gasteiger partial charge in [-0.1, -0.05) is 29.8 Å². The Morgan fingerprint density at radius 1 is 1.19 bits per heavy atom. The summed E-state index contributed by atoms with van der Waals surface area (Å²) in [4.78, 5) is 5.60. The lowest BCUT2D eigenvalue weighted by Gasteiger charge is -2.09. The lowest BCUT2D eigenvalue weighted by molar-refractivity contribution is 1.32. The highest BCUT2D eigenvalue weighted by atomic mass is 79.9. The number of nitrogens with zero attached hydrogens (tertiary/aromatic N) is 1. The van der Waals surface area contributed by atoms with Gasteiger partial charge >= 0.3 is 0 Å². The zero-order chi connectivity index (χ0) is 14.8. The molecule has 106 valence electrons. The first-order chi connectivity index (χ1) is 10.1. The summed E-state index contributed by atoms with van der Waals surface area (Å²) in [5, 5.41) is 1.76. The topological polar surface area (TPSA) is 38.9 Å². The van der Waals surface area contributed by atoms with E-state index in [-0.39, 0.29) is 0 Å². The number of fused-ring (bicyclic) bond motifs is 1. The highest BCUT2D eigenvalue weighted by Crippen LogP contribution is 2.34. The highest BCUT2D eigenvalue weighted by Gasteiger charge is 2.08. The number of benzene rings is 2. The Bertz CT molecular complexity index is 807. The Morgan fingerprint density at radius 3 is 2.81 bits per heavy atom. The van der Waals surface area contributed by atoms with E-state index in [1.165, 1.54) is 0 Å². The van der Waals surface area contributed by atoms with Crippen LogP contribution in [-0.4, -0.2) is 4.98 Å². The number of hydrogen-bond acceptors (Lipinski definition) is 3. The molecule has 2 N–H and O–H groups in total. The van der Waals surface area contributed by atoms with Crippen LogP contribution in [0.1, 0.15) is 5.56 Å². The van der Waals surface area contributed by atoms with E-state index in [4.69, 9.17) is 17.3 Å². The summed E-state index contributed by atoms with van der Waals surface area (Å²) in [5.41, 5.74) is 8.81. The van der Waals surface area contributed by atoms with Crippen LogP contribution in [0.3, 0.4) is 0 Å². The van der Waals surface area contributed by atoms with Gasteiger partial charge in [0.15, 0.2) is 0 Å². The number of pyridine rings is 1. The second kappa shape index (κ2) is 6.26. The van der Waals surface area contributed by atoms with E-state index in [0.29, 0.717) is 0 Å². The highest BCUT2D eigenvalue weighted by molar-refractivity contribution is 9.10. The predicted octanol–water partition coefficient (Wildman–Crippen LogP) is 5.53. The zero-order valence-corrected chi connectivity index (χ0v) is 14.2. The lowest BCUT2D eigenvalue weighted by atomic mass is 10.2. The van der Waals surface area contributed by atoms with Gasteiger partial charge in [-0.3, -0.25) is 4.98 Å². The smallest absolute Gasteiger partial charge is 0.0859 e. The standard InChI is InChI=1S/C16H12BrClN2S/c17-11-7-12-14(19)5-6-15(16(12)20-8-11)21-9-10-3-1-2-4-13(10)18/h1-8H,9,19H2. The van der Waals surface area contributed by atoms with Crippen molar-refractivity contribution in [1.29, 1.82) is 0 Å². The molecule has 2 aromatic carbocycles. The van der Waals surface area contributed by atoms with Crippen molar-refractivity contribution in [1.82, 2.24) is 4.98 Å². The molecule has 2 nitrogen and oxygen atoms in total. The van der Waals surface area contributed by atoms with Crippen LogP contribution in [-0.2, 0) is 5.75 Å². The lowest BCUT2D eigenvalue weighted by Crippen LogP contribution is -1.91. The average molecular weight is 380 g/mol. The van der Waals surface area contributed by atoms with Gasteiger partial charge in [0.1, 0.15) is 0 Å². The Labute approximate surface area is 140 Å². The van der Waals surface area contributed by atoms with Crippen LogP contribution in [0, 0.1) is 0 Å². The molecule has 5 heteroatoms. The molecule has 0 spiro atoms. The second-order valence-corrected chi connectivity index (χ2v) is 6.92. The second-order valence-electron chi connectivity index (χ2n) is 4.58. The number of nitrogen functional groups attached to an aromatic ring is 1. The van der Waals surface area contributed by atoms with Crippen LogP contribution in [0.5, 0.6) is 0 Å². The number of rotatable bonds is 3. The normalized spacial score (nSPS) is 11.0. The van der Waals surface area contributed by atoms with E-state index in [2.05, 4.69) is 20.9 Å². The first-order valence-corrected chi connectivity index (χ1v) is 8.51. The zero-order valence-electron chi connectivity index (χ0n) is 11.0. The van der Waals surface area contributed by atoms with E-state index in [1.807, 2.05) is 42.5 Å². The van der Waals surface area contributed by atoms with Crippen LogP contribution in [0.2, 0.25) is 5.02 Å². The minimum atomic E-state index is 0.737. The molecular weight excluding hydrogens is 368 g/mol. The summed E-state index contributed by atoms with van der Waals surface area (Å²) < 4.78 is 0.926. The van der Waals surface area contributed by atoms with Gasteiger partial charge in [-0.2, -0.15) is 0 Å². The minimum Gasteiger partial charge on any atom is -0.398 e. The maximum atomic E-state index is 6.20. The van der Waals surface area contributed by atoms with Crippen molar-refractivity contribution in [2.24, 2.45) is 0 Å². The fourth-order valence-electron chi connectivity index (χ4n) is 2.08. The van der Waals surface area contributed by atoms with Crippen molar-refractivity contribution in [2.45, 2.75) is 10.6 Å². The molecule has 0 atom stereocenters. The Kier molecular flexibility index (Phi) is 4.38. The maximum Gasteiger partial charge on any atom is 0.0859 e. The summed E-state index contributed by atoms with van der Waals surface area (Å²) in [6.07, 6.45) is 1.79. The van der Waals surface area contributed by atoms with Gasteiger partial charge in [0.25, 0.3) is 0 Å². The molecule has 0 bridgehead atoms. The molecule has 1 aromatic heterocycles. The average Bonchev–Trinajstić information content (AvgIpc) is 2.48. The molecule has 0 radical (unpaired) electrons. The maximum absolute atomic E-state index is 6.20. The molecule has 0 aliphatic carbocycles.